The minimum absolute atomic E-state index is 0.0894. The Balaban J connectivity index is 1.44. The summed E-state index contributed by atoms with van der Waals surface area (Å²) in [7, 11) is 0. The molecule has 4 rings (SSSR count). The molecule has 166 valence electrons. The summed E-state index contributed by atoms with van der Waals surface area (Å²) >= 11 is 1.41. The smallest absolute Gasteiger partial charge is 0.330 e. The van der Waals surface area contributed by atoms with Crippen LogP contribution < -0.4 is 5.32 Å². The molecule has 1 N–H and O–H groups in total. The Labute approximate surface area is 188 Å². The molecule has 0 bridgehead atoms. The van der Waals surface area contributed by atoms with Crippen molar-refractivity contribution in [2.45, 2.75) is 42.7 Å². The van der Waals surface area contributed by atoms with Crippen molar-refractivity contribution < 1.29 is 24.0 Å². The molecule has 2 heterocycles. The van der Waals surface area contributed by atoms with E-state index in [-0.39, 0.29) is 23.8 Å². The van der Waals surface area contributed by atoms with E-state index >= 15 is 0 Å². The number of esters is 1. The van der Waals surface area contributed by atoms with Crippen LogP contribution in [0.5, 0.6) is 0 Å². The molecule has 2 aliphatic rings. The Bertz CT molecular complexity index is 1090. The molecule has 2 aromatic carbocycles. The summed E-state index contributed by atoms with van der Waals surface area (Å²) in [5.41, 5.74) is 0.723. The summed E-state index contributed by atoms with van der Waals surface area (Å²) in [6, 6.07) is 13.0. The third-order valence-corrected chi connectivity index (χ3v) is 7.07. The number of fused-ring (bicyclic) bond motifs is 1. The number of non-ortho nitro benzene ring substituents is 1. The van der Waals surface area contributed by atoms with Gasteiger partial charge in [-0.1, -0.05) is 36.4 Å². The van der Waals surface area contributed by atoms with Gasteiger partial charge < -0.3 is 15.0 Å². The topological polar surface area (TPSA) is 119 Å². The van der Waals surface area contributed by atoms with Crippen molar-refractivity contribution in [1.29, 1.82) is 0 Å². The maximum absolute atomic E-state index is 12.8. The van der Waals surface area contributed by atoms with Gasteiger partial charge in [-0.3, -0.25) is 19.7 Å². The average Bonchev–Trinajstić information content (AvgIpc) is 3.04. The van der Waals surface area contributed by atoms with Crippen molar-refractivity contribution in [3.8, 4) is 0 Å². The molecule has 0 saturated carbocycles. The lowest BCUT2D eigenvalue weighted by Gasteiger charge is -2.43. The number of hydrogen-bond acceptors (Lipinski definition) is 7. The fraction of sp³-hybridized carbons (Fsp3) is 0.318. The Kier molecular flexibility index (Phi) is 5.64. The van der Waals surface area contributed by atoms with Crippen LogP contribution in [0.25, 0.3) is 0 Å². The van der Waals surface area contributed by atoms with Crippen LogP contribution >= 0.6 is 11.8 Å². The molecule has 32 heavy (non-hydrogen) atoms. The number of thioether (sulfide) groups is 1. The van der Waals surface area contributed by atoms with E-state index in [0.29, 0.717) is 0 Å². The number of hydrogen-bond donors (Lipinski definition) is 1. The molecule has 2 aliphatic heterocycles. The van der Waals surface area contributed by atoms with Gasteiger partial charge in [0, 0.05) is 22.4 Å². The number of nitro groups is 1. The van der Waals surface area contributed by atoms with Gasteiger partial charge in [-0.25, -0.2) is 4.79 Å². The van der Waals surface area contributed by atoms with Gasteiger partial charge in [0.15, 0.2) is 0 Å². The number of nitrogens with zero attached hydrogens (tertiary/aromatic N) is 2. The minimum atomic E-state index is -0.821. The predicted octanol–water partition coefficient (Wildman–Crippen LogP) is 2.50. The number of carbonyl (C=O) groups is 3. The van der Waals surface area contributed by atoms with Crippen molar-refractivity contribution in [1.82, 2.24) is 10.2 Å². The van der Waals surface area contributed by atoms with E-state index in [1.807, 2.05) is 44.2 Å². The maximum Gasteiger partial charge on any atom is 0.330 e. The summed E-state index contributed by atoms with van der Waals surface area (Å²) < 4.78 is 4.86. The number of nitro benzene ring substituents is 1. The van der Waals surface area contributed by atoms with Gasteiger partial charge in [0.25, 0.3) is 11.6 Å². The van der Waals surface area contributed by atoms with Crippen LogP contribution in [0.2, 0.25) is 0 Å². The highest BCUT2D eigenvalue weighted by Gasteiger charge is 2.64. The zero-order chi connectivity index (χ0) is 23.0. The van der Waals surface area contributed by atoms with Crippen molar-refractivity contribution in [2.75, 3.05) is 0 Å². The second-order valence-electron chi connectivity index (χ2n) is 8.11. The fourth-order valence-corrected chi connectivity index (χ4v) is 5.54. The van der Waals surface area contributed by atoms with Gasteiger partial charge in [-0.15, -0.1) is 11.8 Å². The number of amides is 2. The monoisotopic (exact) mass is 455 g/mol. The second kappa shape index (κ2) is 8.27. The summed E-state index contributed by atoms with van der Waals surface area (Å²) in [5, 5.41) is 13.2. The summed E-state index contributed by atoms with van der Waals surface area (Å²) in [6.07, 6.45) is 0. The molecule has 2 amide bonds. The molecule has 2 fully saturated rings. The summed E-state index contributed by atoms with van der Waals surface area (Å²) in [4.78, 5) is 50.1. The van der Waals surface area contributed by atoms with Crippen LogP contribution in [-0.2, 0) is 20.9 Å². The van der Waals surface area contributed by atoms with Gasteiger partial charge in [0.2, 0.25) is 5.91 Å². The number of carbonyl (C=O) groups excluding carboxylic acids is 3. The van der Waals surface area contributed by atoms with Gasteiger partial charge in [-0.05, 0) is 25.5 Å². The van der Waals surface area contributed by atoms with Crippen LogP contribution in [-0.4, -0.2) is 49.8 Å². The SMILES string of the molecule is CC1(C)S[C@@H]2C(NC(=O)c3cccc([N+](=O)[O-])c3)C(=O)N2C1C(=O)OCc1ccccc1. The molecule has 0 aliphatic carbocycles. The largest absolute Gasteiger partial charge is 0.459 e. The van der Waals surface area contributed by atoms with Crippen LogP contribution in [0, 0.1) is 10.1 Å². The number of β-lactam (4-membered cyclic amide) rings is 1. The zero-order valence-electron chi connectivity index (χ0n) is 17.4. The lowest BCUT2D eigenvalue weighted by molar-refractivity contribution is -0.384. The van der Waals surface area contributed by atoms with E-state index in [4.69, 9.17) is 4.74 Å². The van der Waals surface area contributed by atoms with Gasteiger partial charge in [0.1, 0.15) is 24.1 Å². The lowest BCUT2D eigenvalue weighted by Crippen LogP contribution is -2.70. The zero-order valence-corrected chi connectivity index (χ0v) is 18.2. The number of nitrogens with one attached hydrogen (secondary N) is 1. The van der Waals surface area contributed by atoms with Gasteiger partial charge >= 0.3 is 5.97 Å². The van der Waals surface area contributed by atoms with Crippen molar-refractivity contribution in [2.24, 2.45) is 0 Å². The maximum atomic E-state index is 12.8. The third-order valence-electron chi connectivity index (χ3n) is 5.49. The van der Waals surface area contributed by atoms with Crippen molar-refractivity contribution >= 4 is 35.2 Å². The van der Waals surface area contributed by atoms with Crippen LogP contribution in [0.1, 0.15) is 29.8 Å². The Morgan fingerprint density at radius 3 is 2.59 bits per heavy atom. The molecule has 2 unspecified atom stereocenters. The Morgan fingerprint density at radius 1 is 1.19 bits per heavy atom. The molecular formula is C22H21N3O6S. The first-order chi connectivity index (χ1) is 15.2. The molecule has 0 aromatic heterocycles. The highest BCUT2D eigenvalue weighted by atomic mass is 32.2. The molecule has 0 spiro atoms. The van der Waals surface area contributed by atoms with E-state index in [1.54, 1.807) is 0 Å². The molecule has 10 heteroatoms. The molecule has 9 nitrogen and oxygen atoms in total. The highest BCUT2D eigenvalue weighted by Crippen LogP contribution is 2.51. The van der Waals surface area contributed by atoms with Crippen molar-refractivity contribution in [3.05, 3.63) is 75.8 Å². The van der Waals surface area contributed by atoms with Gasteiger partial charge in [-0.2, -0.15) is 0 Å². The normalized spacial score (nSPS) is 23.1. The first-order valence-electron chi connectivity index (χ1n) is 9.95. The van der Waals surface area contributed by atoms with E-state index in [2.05, 4.69) is 5.32 Å². The van der Waals surface area contributed by atoms with Crippen LogP contribution in [0.15, 0.2) is 54.6 Å². The predicted molar refractivity (Wildman–Crippen MR) is 117 cm³/mol. The first-order valence-corrected chi connectivity index (χ1v) is 10.8. The lowest BCUT2D eigenvalue weighted by atomic mass is 9.95. The molecular weight excluding hydrogens is 434 g/mol. The van der Waals surface area contributed by atoms with E-state index in [9.17, 15) is 24.5 Å². The third kappa shape index (κ3) is 3.93. The van der Waals surface area contributed by atoms with E-state index in [1.165, 1.54) is 34.9 Å². The second-order valence-corrected chi connectivity index (χ2v) is 9.88. The van der Waals surface area contributed by atoms with Crippen LogP contribution in [0.3, 0.4) is 0 Å². The van der Waals surface area contributed by atoms with Crippen LogP contribution in [0.4, 0.5) is 5.69 Å². The molecule has 3 atom stereocenters. The first kappa shape index (κ1) is 21.8. The van der Waals surface area contributed by atoms with Crippen molar-refractivity contribution in [3.63, 3.8) is 0 Å². The quantitative estimate of drug-likeness (QED) is 0.308. The van der Waals surface area contributed by atoms with Gasteiger partial charge in [0.05, 0.1) is 4.92 Å². The summed E-state index contributed by atoms with van der Waals surface area (Å²) in [5.74, 6) is -1.46. The average molecular weight is 455 g/mol. The fourth-order valence-electron chi connectivity index (χ4n) is 3.92. The molecule has 2 aromatic rings. The number of ether oxygens (including phenoxy) is 1. The minimum Gasteiger partial charge on any atom is -0.459 e. The molecule has 2 saturated heterocycles. The van der Waals surface area contributed by atoms with E-state index < -0.39 is 39.0 Å². The highest BCUT2D eigenvalue weighted by molar-refractivity contribution is 8.01. The molecule has 0 radical (unpaired) electrons. The number of benzene rings is 2. The standard InChI is InChI=1S/C22H21N3O6S/c1-22(2)17(21(28)31-12-13-7-4-3-5-8-13)24-19(27)16(20(24)32-22)23-18(26)14-9-6-10-15(11-14)25(29)30/h3-11,16-17,20H,12H2,1-2H3,(H,23,26)/t16?,17?,20-/m1/s1. The number of rotatable bonds is 6. The van der Waals surface area contributed by atoms with E-state index in [0.717, 1.165) is 11.6 Å². The Hall–Kier alpha value is -3.40. The summed E-state index contributed by atoms with van der Waals surface area (Å²) in [6.45, 7) is 3.82. The Morgan fingerprint density at radius 2 is 1.91 bits per heavy atom.